The summed E-state index contributed by atoms with van der Waals surface area (Å²) < 4.78 is 26.3. The SMILES string of the molecule is O=S(=O)(c1cccc(Cl)c1)N1CCCSCC1. The van der Waals surface area contributed by atoms with Crippen molar-refractivity contribution in [3.05, 3.63) is 29.3 Å². The van der Waals surface area contributed by atoms with Crippen LogP contribution in [0.4, 0.5) is 0 Å². The molecule has 1 heterocycles. The molecule has 2 rings (SSSR count). The molecule has 0 aliphatic carbocycles. The van der Waals surface area contributed by atoms with Gasteiger partial charge in [0.25, 0.3) is 0 Å². The molecule has 1 fully saturated rings. The first-order chi connectivity index (χ1) is 8.10. The molecule has 0 aromatic heterocycles. The van der Waals surface area contributed by atoms with Crippen LogP contribution in [0.3, 0.4) is 0 Å². The number of nitrogens with zero attached hydrogens (tertiary/aromatic N) is 1. The molecule has 0 bridgehead atoms. The first kappa shape index (κ1) is 13.2. The van der Waals surface area contributed by atoms with Gasteiger partial charge in [-0.2, -0.15) is 16.1 Å². The zero-order valence-electron chi connectivity index (χ0n) is 9.30. The highest BCUT2D eigenvalue weighted by Crippen LogP contribution is 2.22. The van der Waals surface area contributed by atoms with Crippen molar-refractivity contribution in [2.24, 2.45) is 0 Å². The van der Waals surface area contributed by atoms with E-state index in [-0.39, 0.29) is 4.90 Å². The minimum atomic E-state index is -3.37. The second-order valence-electron chi connectivity index (χ2n) is 3.83. The number of thioether (sulfide) groups is 1. The number of halogens is 1. The highest BCUT2D eigenvalue weighted by molar-refractivity contribution is 7.99. The van der Waals surface area contributed by atoms with Crippen LogP contribution in [-0.4, -0.2) is 37.3 Å². The highest BCUT2D eigenvalue weighted by atomic mass is 35.5. The predicted molar refractivity (Wildman–Crippen MR) is 72.2 cm³/mol. The van der Waals surface area contributed by atoms with E-state index in [1.54, 1.807) is 34.3 Å². The summed E-state index contributed by atoms with van der Waals surface area (Å²) in [5.41, 5.74) is 0. The molecule has 1 saturated heterocycles. The average Bonchev–Trinajstić information content (AvgIpc) is 2.58. The lowest BCUT2D eigenvalue weighted by Gasteiger charge is -2.19. The monoisotopic (exact) mass is 291 g/mol. The van der Waals surface area contributed by atoms with Crippen molar-refractivity contribution in [3.8, 4) is 0 Å². The summed E-state index contributed by atoms with van der Waals surface area (Å²) in [6.45, 7) is 1.18. The van der Waals surface area contributed by atoms with Gasteiger partial charge in [0.15, 0.2) is 0 Å². The summed E-state index contributed by atoms with van der Waals surface area (Å²) in [7, 11) is -3.37. The van der Waals surface area contributed by atoms with E-state index in [2.05, 4.69) is 0 Å². The number of sulfonamides is 1. The van der Waals surface area contributed by atoms with Gasteiger partial charge in [0.2, 0.25) is 10.0 Å². The van der Waals surface area contributed by atoms with Crippen molar-refractivity contribution >= 4 is 33.4 Å². The molecule has 0 saturated carbocycles. The first-order valence-corrected chi connectivity index (χ1v) is 8.41. The maximum absolute atomic E-state index is 12.4. The van der Waals surface area contributed by atoms with Crippen molar-refractivity contribution in [2.75, 3.05) is 24.6 Å². The second kappa shape index (κ2) is 5.61. The quantitative estimate of drug-likeness (QED) is 0.840. The van der Waals surface area contributed by atoms with Gasteiger partial charge in [-0.05, 0) is 30.4 Å². The first-order valence-electron chi connectivity index (χ1n) is 5.44. The molecule has 0 amide bonds. The van der Waals surface area contributed by atoms with Crippen LogP contribution in [0.5, 0.6) is 0 Å². The van der Waals surface area contributed by atoms with E-state index in [4.69, 9.17) is 11.6 Å². The van der Waals surface area contributed by atoms with Crippen LogP contribution in [0.25, 0.3) is 0 Å². The summed E-state index contributed by atoms with van der Waals surface area (Å²) in [5.74, 6) is 1.89. The Hall–Kier alpha value is -0.230. The topological polar surface area (TPSA) is 37.4 Å². The smallest absolute Gasteiger partial charge is 0.207 e. The number of rotatable bonds is 2. The van der Waals surface area contributed by atoms with Gasteiger partial charge in [0, 0.05) is 23.9 Å². The molecule has 3 nitrogen and oxygen atoms in total. The molecule has 1 aliphatic rings. The summed E-state index contributed by atoms with van der Waals surface area (Å²) in [5, 5.41) is 0.454. The summed E-state index contributed by atoms with van der Waals surface area (Å²) in [4.78, 5) is 0.289. The van der Waals surface area contributed by atoms with Crippen molar-refractivity contribution < 1.29 is 8.42 Å². The van der Waals surface area contributed by atoms with Crippen molar-refractivity contribution in [1.29, 1.82) is 0 Å². The van der Waals surface area contributed by atoms with Crippen molar-refractivity contribution in [3.63, 3.8) is 0 Å². The fourth-order valence-corrected chi connectivity index (χ4v) is 4.52. The third-order valence-electron chi connectivity index (χ3n) is 2.62. The van der Waals surface area contributed by atoms with Crippen LogP contribution in [-0.2, 0) is 10.0 Å². The Kier molecular flexibility index (Phi) is 4.36. The Balaban J connectivity index is 2.28. The Morgan fingerprint density at radius 3 is 2.82 bits per heavy atom. The molecular weight excluding hydrogens is 278 g/mol. The second-order valence-corrected chi connectivity index (χ2v) is 7.43. The Labute approximate surface area is 111 Å². The lowest BCUT2D eigenvalue weighted by atomic mass is 10.4. The van der Waals surface area contributed by atoms with Crippen LogP contribution in [0, 0.1) is 0 Å². The van der Waals surface area contributed by atoms with Gasteiger partial charge in [-0.3, -0.25) is 0 Å². The third-order valence-corrected chi connectivity index (χ3v) is 5.79. The van der Waals surface area contributed by atoms with Gasteiger partial charge in [-0.1, -0.05) is 17.7 Å². The van der Waals surface area contributed by atoms with Gasteiger partial charge in [0.1, 0.15) is 0 Å². The van der Waals surface area contributed by atoms with E-state index in [9.17, 15) is 8.42 Å². The van der Waals surface area contributed by atoms with Crippen LogP contribution < -0.4 is 0 Å². The van der Waals surface area contributed by atoms with Gasteiger partial charge in [-0.25, -0.2) is 8.42 Å². The highest BCUT2D eigenvalue weighted by Gasteiger charge is 2.25. The molecule has 1 aromatic rings. The van der Waals surface area contributed by atoms with E-state index >= 15 is 0 Å². The lowest BCUT2D eigenvalue weighted by Crippen LogP contribution is -2.32. The van der Waals surface area contributed by atoms with Crippen LogP contribution in [0.15, 0.2) is 29.2 Å². The Morgan fingerprint density at radius 1 is 1.24 bits per heavy atom. The predicted octanol–water partition coefficient (Wildman–Crippen LogP) is 2.47. The molecule has 0 unspecified atom stereocenters. The zero-order valence-corrected chi connectivity index (χ0v) is 11.7. The normalized spacial score (nSPS) is 18.9. The van der Waals surface area contributed by atoms with E-state index < -0.39 is 10.0 Å². The maximum Gasteiger partial charge on any atom is 0.243 e. The van der Waals surface area contributed by atoms with Crippen LogP contribution in [0.1, 0.15) is 6.42 Å². The van der Waals surface area contributed by atoms with Gasteiger partial charge in [-0.15, -0.1) is 0 Å². The fraction of sp³-hybridized carbons (Fsp3) is 0.455. The molecule has 6 heteroatoms. The molecule has 0 N–H and O–H groups in total. The fourth-order valence-electron chi connectivity index (χ4n) is 1.74. The minimum Gasteiger partial charge on any atom is -0.207 e. The molecule has 0 radical (unpaired) electrons. The van der Waals surface area contributed by atoms with Crippen molar-refractivity contribution in [2.45, 2.75) is 11.3 Å². The van der Waals surface area contributed by atoms with Gasteiger partial charge < -0.3 is 0 Å². The minimum absolute atomic E-state index is 0.289. The summed E-state index contributed by atoms with van der Waals surface area (Å²) in [6, 6.07) is 6.45. The summed E-state index contributed by atoms with van der Waals surface area (Å²) >= 11 is 7.64. The number of hydrogen-bond acceptors (Lipinski definition) is 3. The number of hydrogen-bond donors (Lipinski definition) is 0. The van der Waals surface area contributed by atoms with E-state index in [1.807, 2.05) is 0 Å². The molecule has 17 heavy (non-hydrogen) atoms. The molecule has 0 atom stereocenters. The van der Waals surface area contributed by atoms with Crippen LogP contribution >= 0.6 is 23.4 Å². The Bertz CT molecular complexity index is 482. The van der Waals surface area contributed by atoms with Gasteiger partial charge >= 0.3 is 0 Å². The van der Waals surface area contributed by atoms with E-state index in [1.165, 1.54) is 6.07 Å². The molecule has 0 spiro atoms. The van der Waals surface area contributed by atoms with Crippen molar-refractivity contribution in [1.82, 2.24) is 4.31 Å². The van der Waals surface area contributed by atoms with E-state index in [0.717, 1.165) is 17.9 Å². The largest absolute Gasteiger partial charge is 0.243 e. The molecule has 1 aromatic carbocycles. The Morgan fingerprint density at radius 2 is 2.06 bits per heavy atom. The standard InChI is InChI=1S/C11H14ClNO2S2/c12-10-3-1-4-11(9-10)17(14,15)13-5-2-7-16-8-6-13/h1,3-4,9H,2,5-8H2. The summed E-state index contributed by atoms with van der Waals surface area (Å²) in [6.07, 6.45) is 0.907. The lowest BCUT2D eigenvalue weighted by molar-refractivity contribution is 0.435. The maximum atomic E-state index is 12.4. The molecule has 1 aliphatic heterocycles. The van der Waals surface area contributed by atoms with Crippen LogP contribution in [0.2, 0.25) is 5.02 Å². The number of benzene rings is 1. The van der Waals surface area contributed by atoms with E-state index in [0.29, 0.717) is 18.1 Å². The third kappa shape index (κ3) is 3.16. The van der Waals surface area contributed by atoms with Gasteiger partial charge in [0.05, 0.1) is 4.90 Å². The zero-order chi connectivity index (χ0) is 12.3. The average molecular weight is 292 g/mol. The molecule has 94 valence electrons. The molecular formula is C11H14ClNO2S2.